The maximum atomic E-state index is 13.7. The van der Waals surface area contributed by atoms with Crippen LogP contribution >= 0.6 is 0 Å². The van der Waals surface area contributed by atoms with E-state index in [-0.39, 0.29) is 49.8 Å². The SMILES string of the molecule is CCCC1C([Si]C2=Cc3c(cccc3-c3cc(C(F)(F)F)cc(C(F)(F)F)c3)C2)=Cc2c(-c3cc(C(F)(F)F)cc(C(F)(F)F)c3)cccc21. The molecule has 50 heavy (non-hydrogen) atoms. The van der Waals surface area contributed by atoms with Crippen LogP contribution in [0.25, 0.3) is 34.4 Å². The van der Waals surface area contributed by atoms with Crippen molar-refractivity contribution in [2.75, 3.05) is 0 Å². The first-order valence-corrected chi connectivity index (χ1v) is 16.3. The number of fused-ring (bicyclic) bond motifs is 2. The Morgan fingerprint density at radius 2 is 1.04 bits per heavy atom. The minimum Gasteiger partial charge on any atom is -0.166 e. The van der Waals surface area contributed by atoms with E-state index in [0.29, 0.717) is 60.2 Å². The highest BCUT2D eigenvalue weighted by atomic mass is 28.2. The Hall–Kier alpha value is -4.26. The molecular weight excluding hydrogens is 700 g/mol. The van der Waals surface area contributed by atoms with Crippen LogP contribution in [0.4, 0.5) is 52.7 Å². The zero-order valence-corrected chi connectivity index (χ0v) is 26.8. The average molecular weight is 725 g/mol. The minimum atomic E-state index is -5.02. The fourth-order valence-corrected chi connectivity index (χ4v) is 8.11. The van der Waals surface area contributed by atoms with Gasteiger partial charge in [0.1, 0.15) is 9.52 Å². The van der Waals surface area contributed by atoms with Gasteiger partial charge in [-0.3, -0.25) is 0 Å². The number of allylic oxidation sites excluding steroid dienone is 2. The van der Waals surface area contributed by atoms with Crippen molar-refractivity contribution in [1.29, 1.82) is 0 Å². The lowest BCUT2D eigenvalue weighted by molar-refractivity contribution is -0.144. The summed E-state index contributed by atoms with van der Waals surface area (Å²) >= 11 is 0. The van der Waals surface area contributed by atoms with Gasteiger partial charge in [0.05, 0.1) is 22.3 Å². The van der Waals surface area contributed by atoms with Gasteiger partial charge in [-0.1, -0.05) is 72.3 Å². The second-order valence-electron chi connectivity index (χ2n) is 12.2. The molecule has 2 aliphatic rings. The first-order chi connectivity index (χ1) is 23.2. The van der Waals surface area contributed by atoms with E-state index in [1.807, 2.05) is 6.92 Å². The van der Waals surface area contributed by atoms with Crippen LogP contribution < -0.4 is 0 Å². The largest absolute Gasteiger partial charge is 0.416 e. The van der Waals surface area contributed by atoms with Gasteiger partial charge in [0, 0.05) is 5.92 Å². The third kappa shape index (κ3) is 7.01. The Labute approximate surface area is 281 Å². The molecule has 0 amide bonds. The summed E-state index contributed by atoms with van der Waals surface area (Å²) in [5.74, 6) is -0.205. The van der Waals surface area contributed by atoms with Crippen molar-refractivity contribution in [1.82, 2.24) is 0 Å². The number of benzene rings is 4. The molecule has 13 heteroatoms. The second kappa shape index (κ2) is 12.5. The highest BCUT2D eigenvalue weighted by Gasteiger charge is 2.39. The predicted molar refractivity (Wildman–Crippen MR) is 167 cm³/mol. The number of rotatable bonds is 6. The van der Waals surface area contributed by atoms with Crippen LogP contribution in [-0.4, -0.2) is 9.52 Å². The Morgan fingerprint density at radius 1 is 0.580 bits per heavy atom. The summed E-state index contributed by atoms with van der Waals surface area (Å²) in [5.41, 5.74) is -3.38. The van der Waals surface area contributed by atoms with E-state index in [0.717, 1.165) is 16.0 Å². The molecule has 2 radical (unpaired) electrons. The van der Waals surface area contributed by atoms with E-state index < -0.39 is 47.0 Å². The lowest BCUT2D eigenvalue weighted by Crippen LogP contribution is -2.11. The molecule has 260 valence electrons. The highest BCUT2D eigenvalue weighted by molar-refractivity contribution is 6.57. The molecule has 0 fully saturated rings. The van der Waals surface area contributed by atoms with Gasteiger partial charge in [-0.15, -0.1) is 0 Å². The van der Waals surface area contributed by atoms with Crippen molar-refractivity contribution in [3.05, 3.63) is 128 Å². The van der Waals surface area contributed by atoms with E-state index in [1.54, 1.807) is 36.4 Å². The number of hydrogen-bond donors (Lipinski definition) is 0. The van der Waals surface area contributed by atoms with Gasteiger partial charge >= 0.3 is 24.7 Å². The fraction of sp³-hybridized carbons (Fsp3) is 0.243. The van der Waals surface area contributed by atoms with Gasteiger partial charge in [-0.25, -0.2) is 0 Å². The van der Waals surface area contributed by atoms with E-state index in [9.17, 15) is 52.7 Å². The Balaban J connectivity index is 1.40. The fourth-order valence-electron chi connectivity index (χ4n) is 6.55. The van der Waals surface area contributed by atoms with Crippen molar-refractivity contribution in [2.24, 2.45) is 0 Å². The summed E-state index contributed by atoms with van der Waals surface area (Å²) in [7, 11) is -0.0130. The predicted octanol–water partition coefficient (Wildman–Crippen LogP) is 12.6. The third-order valence-electron chi connectivity index (χ3n) is 8.77. The zero-order valence-electron chi connectivity index (χ0n) is 25.8. The molecule has 0 heterocycles. The van der Waals surface area contributed by atoms with E-state index >= 15 is 0 Å². The van der Waals surface area contributed by atoms with Gasteiger partial charge in [-0.2, -0.15) is 52.7 Å². The van der Waals surface area contributed by atoms with Crippen LogP contribution in [-0.2, 0) is 31.1 Å². The molecule has 6 rings (SSSR count). The molecule has 0 spiro atoms. The molecule has 0 aliphatic heterocycles. The molecule has 0 bridgehead atoms. The second-order valence-corrected chi connectivity index (χ2v) is 13.7. The topological polar surface area (TPSA) is 0 Å². The summed E-state index contributed by atoms with van der Waals surface area (Å²) < 4.78 is 164. The summed E-state index contributed by atoms with van der Waals surface area (Å²) in [4.78, 5) is 0. The normalized spacial score (nSPS) is 16.3. The van der Waals surface area contributed by atoms with Crippen molar-refractivity contribution < 1.29 is 52.7 Å². The first-order valence-electron chi connectivity index (χ1n) is 15.3. The number of hydrogen-bond acceptors (Lipinski definition) is 0. The van der Waals surface area contributed by atoms with Gasteiger partial charge < -0.3 is 0 Å². The Bertz CT molecular complexity index is 1960. The average Bonchev–Trinajstić information content (AvgIpc) is 3.59. The molecule has 0 saturated heterocycles. The standard InChI is InChI=1S/C37H24F12Si/c1-2-5-30-29-9-4-8-28(21-12-24(36(44,45)46)16-25(13-21)37(47,48)49)32(29)18-33(30)50-26-14-19-6-3-7-27(31(19)17-26)20-10-22(34(38,39)40)15-23(11-20)35(41,42)43/h3-4,6-13,15-18,30H,2,5,14H2,1H3. The molecular formula is C37H24F12Si. The van der Waals surface area contributed by atoms with Crippen molar-refractivity contribution in [3.63, 3.8) is 0 Å². The van der Waals surface area contributed by atoms with Crippen LogP contribution in [0.1, 0.15) is 70.2 Å². The molecule has 4 aromatic rings. The number of alkyl halides is 12. The Kier molecular flexibility index (Phi) is 8.89. The maximum absolute atomic E-state index is 13.7. The summed E-state index contributed by atoms with van der Waals surface area (Å²) in [5, 5.41) is 1.70. The van der Waals surface area contributed by atoms with E-state index in [4.69, 9.17) is 0 Å². The monoisotopic (exact) mass is 724 g/mol. The molecule has 0 aromatic heterocycles. The molecule has 2 aliphatic carbocycles. The van der Waals surface area contributed by atoms with Crippen molar-refractivity contribution >= 4 is 21.7 Å². The van der Waals surface area contributed by atoms with Crippen LogP contribution in [0, 0.1) is 0 Å². The van der Waals surface area contributed by atoms with Crippen LogP contribution in [0.5, 0.6) is 0 Å². The van der Waals surface area contributed by atoms with Crippen LogP contribution in [0.3, 0.4) is 0 Å². The minimum absolute atomic E-state index is 0.0130. The molecule has 0 nitrogen and oxygen atoms in total. The molecule has 4 aromatic carbocycles. The number of halogens is 12. The maximum Gasteiger partial charge on any atom is 0.416 e. The van der Waals surface area contributed by atoms with E-state index in [1.165, 1.54) is 12.1 Å². The summed E-state index contributed by atoms with van der Waals surface area (Å²) in [6.45, 7) is 1.94. The third-order valence-corrected chi connectivity index (χ3v) is 10.2. The lowest BCUT2D eigenvalue weighted by atomic mass is 9.90. The summed E-state index contributed by atoms with van der Waals surface area (Å²) in [6.07, 6.45) is -14.9. The molecule has 1 unspecified atom stereocenters. The lowest BCUT2D eigenvalue weighted by Gasteiger charge is -2.18. The summed E-state index contributed by atoms with van der Waals surface area (Å²) in [6, 6.07) is 12.5. The Morgan fingerprint density at radius 3 is 1.50 bits per heavy atom. The highest BCUT2D eigenvalue weighted by Crippen LogP contribution is 2.47. The van der Waals surface area contributed by atoms with E-state index in [2.05, 4.69) is 0 Å². The van der Waals surface area contributed by atoms with Gasteiger partial charge in [0.2, 0.25) is 0 Å². The zero-order chi connectivity index (χ0) is 36.4. The molecule has 0 N–H and O–H groups in total. The van der Waals surface area contributed by atoms with Gasteiger partial charge in [-0.05, 0) is 93.7 Å². The van der Waals surface area contributed by atoms with Gasteiger partial charge in [0.15, 0.2) is 0 Å². The smallest absolute Gasteiger partial charge is 0.166 e. The van der Waals surface area contributed by atoms with Gasteiger partial charge in [0.25, 0.3) is 0 Å². The van der Waals surface area contributed by atoms with Crippen LogP contribution in [0.15, 0.2) is 83.2 Å². The first kappa shape index (κ1) is 35.6. The quantitative estimate of drug-likeness (QED) is 0.137. The van der Waals surface area contributed by atoms with Crippen molar-refractivity contribution in [2.45, 2.75) is 56.8 Å². The molecule has 0 saturated carbocycles. The van der Waals surface area contributed by atoms with Crippen molar-refractivity contribution in [3.8, 4) is 22.3 Å². The van der Waals surface area contributed by atoms with Crippen LogP contribution in [0.2, 0.25) is 0 Å². The molecule has 1 atom stereocenters.